The molecule has 96 valence electrons. The van der Waals surface area contributed by atoms with Gasteiger partial charge in [-0.05, 0) is 12.5 Å². The van der Waals surface area contributed by atoms with Crippen molar-refractivity contribution in [3.63, 3.8) is 0 Å². The number of ether oxygens (including phenoxy) is 1. The highest BCUT2D eigenvalue weighted by atomic mass is 32.2. The van der Waals surface area contributed by atoms with E-state index in [0.29, 0.717) is 24.3 Å². The van der Waals surface area contributed by atoms with Gasteiger partial charge in [-0.25, -0.2) is 8.42 Å². The molecule has 0 radical (unpaired) electrons. The molecular weight excluding hydrogens is 242 g/mol. The van der Waals surface area contributed by atoms with Crippen LogP contribution in [0.15, 0.2) is 24.3 Å². The van der Waals surface area contributed by atoms with E-state index in [9.17, 15) is 8.42 Å². The normalized spacial score (nSPS) is 11.4. The smallest absolute Gasteiger partial charge is 0.232 e. The lowest BCUT2D eigenvalue weighted by molar-refractivity contribution is 0.199. The zero-order valence-corrected chi connectivity index (χ0v) is 10.5. The monoisotopic (exact) mass is 259 g/mol. The fourth-order valence-corrected chi connectivity index (χ4v) is 2.50. The minimum Gasteiger partial charge on any atom is -0.392 e. The summed E-state index contributed by atoms with van der Waals surface area (Å²) >= 11 is 0. The topological polar surface area (TPSA) is 75.6 Å². The zero-order chi connectivity index (χ0) is 12.7. The number of nitrogens with one attached hydrogen (secondary N) is 1. The quantitative estimate of drug-likeness (QED) is 0.715. The number of benzene rings is 1. The van der Waals surface area contributed by atoms with Crippen LogP contribution < -0.4 is 4.72 Å². The lowest BCUT2D eigenvalue weighted by atomic mass is 10.2. The Morgan fingerprint density at radius 2 is 2.06 bits per heavy atom. The molecule has 0 spiro atoms. The third-order valence-corrected chi connectivity index (χ3v) is 3.57. The van der Waals surface area contributed by atoms with Crippen molar-refractivity contribution < 1.29 is 18.3 Å². The van der Waals surface area contributed by atoms with Gasteiger partial charge in [0.1, 0.15) is 0 Å². The summed E-state index contributed by atoms with van der Waals surface area (Å²) in [6.07, 6.45) is 0.438. The Morgan fingerprint density at radius 3 is 2.71 bits per heavy atom. The number of sulfonamides is 1. The Bertz CT molecular complexity index is 445. The largest absolute Gasteiger partial charge is 0.392 e. The van der Waals surface area contributed by atoms with Crippen LogP contribution in [0.4, 0.5) is 5.69 Å². The standard InChI is InChI=1S/C11H17NO4S/c1-16-7-4-8-17(14,15)12-11-6-3-2-5-10(11)9-13/h2-3,5-6,12-13H,4,7-9H2,1H3. The van der Waals surface area contributed by atoms with Gasteiger partial charge in [0.15, 0.2) is 0 Å². The van der Waals surface area contributed by atoms with Gasteiger partial charge in [-0.2, -0.15) is 0 Å². The summed E-state index contributed by atoms with van der Waals surface area (Å²) in [6, 6.07) is 6.76. The molecule has 1 aromatic rings. The second kappa shape index (κ2) is 6.58. The fourth-order valence-electron chi connectivity index (χ4n) is 1.37. The molecule has 0 heterocycles. The van der Waals surface area contributed by atoms with Gasteiger partial charge in [-0.1, -0.05) is 18.2 Å². The summed E-state index contributed by atoms with van der Waals surface area (Å²) in [5.41, 5.74) is 0.982. The van der Waals surface area contributed by atoms with E-state index in [-0.39, 0.29) is 12.4 Å². The van der Waals surface area contributed by atoms with E-state index >= 15 is 0 Å². The third-order valence-electron chi connectivity index (χ3n) is 2.21. The molecular formula is C11H17NO4S. The van der Waals surface area contributed by atoms with Crippen LogP contribution in [0, 0.1) is 0 Å². The van der Waals surface area contributed by atoms with Crippen molar-refractivity contribution in [3.05, 3.63) is 29.8 Å². The van der Waals surface area contributed by atoms with Gasteiger partial charge >= 0.3 is 0 Å². The second-order valence-corrected chi connectivity index (χ2v) is 5.42. The third kappa shape index (κ3) is 4.72. The number of anilines is 1. The SMILES string of the molecule is COCCCS(=O)(=O)Nc1ccccc1CO. The summed E-state index contributed by atoms with van der Waals surface area (Å²) in [6.45, 7) is 0.208. The van der Waals surface area contributed by atoms with Gasteiger partial charge < -0.3 is 9.84 Å². The minimum atomic E-state index is -3.38. The molecule has 0 aromatic heterocycles. The van der Waals surface area contributed by atoms with Crippen molar-refractivity contribution in [3.8, 4) is 0 Å². The average Bonchev–Trinajstić information content (AvgIpc) is 2.29. The van der Waals surface area contributed by atoms with Crippen molar-refractivity contribution in [2.45, 2.75) is 13.0 Å². The fraction of sp³-hybridized carbons (Fsp3) is 0.455. The summed E-state index contributed by atoms with van der Waals surface area (Å²) < 4.78 is 30.6. The molecule has 5 nitrogen and oxygen atoms in total. The molecule has 1 aromatic carbocycles. The Labute approximate surface area is 101 Å². The number of aliphatic hydroxyl groups is 1. The van der Waals surface area contributed by atoms with Crippen molar-refractivity contribution in [1.82, 2.24) is 0 Å². The maximum absolute atomic E-state index is 11.7. The van der Waals surface area contributed by atoms with Gasteiger partial charge in [-0.3, -0.25) is 4.72 Å². The van der Waals surface area contributed by atoms with E-state index in [1.807, 2.05) is 0 Å². The molecule has 0 fully saturated rings. The maximum atomic E-state index is 11.7. The van der Waals surface area contributed by atoms with E-state index in [2.05, 4.69) is 4.72 Å². The first kappa shape index (κ1) is 14.0. The average molecular weight is 259 g/mol. The van der Waals surface area contributed by atoms with Gasteiger partial charge in [0.2, 0.25) is 10.0 Å². The van der Waals surface area contributed by atoms with Gasteiger partial charge in [0.25, 0.3) is 0 Å². The van der Waals surface area contributed by atoms with Crippen LogP contribution in [0.1, 0.15) is 12.0 Å². The highest BCUT2D eigenvalue weighted by molar-refractivity contribution is 7.92. The Kier molecular flexibility index (Phi) is 5.40. The molecule has 6 heteroatoms. The second-order valence-electron chi connectivity index (χ2n) is 3.58. The molecule has 0 aliphatic carbocycles. The van der Waals surface area contributed by atoms with Crippen molar-refractivity contribution >= 4 is 15.7 Å². The van der Waals surface area contributed by atoms with Crippen LogP contribution in [-0.2, 0) is 21.4 Å². The predicted octanol–water partition coefficient (Wildman–Crippen LogP) is 0.957. The number of aliphatic hydroxyl groups excluding tert-OH is 1. The first-order chi connectivity index (χ1) is 8.09. The molecule has 0 aliphatic heterocycles. The molecule has 0 saturated carbocycles. The van der Waals surface area contributed by atoms with Gasteiger partial charge in [0.05, 0.1) is 18.0 Å². The lowest BCUT2D eigenvalue weighted by Gasteiger charge is -2.10. The van der Waals surface area contributed by atoms with Crippen LogP contribution in [0.25, 0.3) is 0 Å². The van der Waals surface area contributed by atoms with Crippen LogP contribution in [0.5, 0.6) is 0 Å². The van der Waals surface area contributed by atoms with Crippen LogP contribution in [0.3, 0.4) is 0 Å². The first-order valence-corrected chi connectivity index (χ1v) is 6.92. The maximum Gasteiger partial charge on any atom is 0.232 e. The van der Waals surface area contributed by atoms with Gasteiger partial charge in [0, 0.05) is 19.3 Å². The molecule has 0 aliphatic rings. The number of methoxy groups -OCH3 is 1. The first-order valence-electron chi connectivity index (χ1n) is 5.27. The van der Waals surface area contributed by atoms with Crippen molar-refractivity contribution in [2.24, 2.45) is 0 Å². The Balaban J connectivity index is 2.69. The van der Waals surface area contributed by atoms with Crippen LogP contribution in [0.2, 0.25) is 0 Å². The molecule has 0 atom stereocenters. The Hall–Kier alpha value is -1.11. The molecule has 1 rings (SSSR count). The Morgan fingerprint density at radius 1 is 1.35 bits per heavy atom. The van der Waals surface area contributed by atoms with E-state index < -0.39 is 10.0 Å². The van der Waals surface area contributed by atoms with E-state index in [1.54, 1.807) is 24.3 Å². The zero-order valence-electron chi connectivity index (χ0n) is 9.72. The van der Waals surface area contributed by atoms with E-state index in [0.717, 1.165) is 0 Å². The predicted molar refractivity (Wildman–Crippen MR) is 66.3 cm³/mol. The lowest BCUT2D eigenvalue weighted by Crippen LogP contribution is -2.18. The summed E-state index contributed by atoms with van der Waals surface area (Å²) in [7, 11) is -1.85. The number of hydrogen-bond donors (Lipinski definition) is 2. The highest BCUT2D eigenvalue weighted by Gasteiger charge is 2.11. The molecule has 0 bridgehead atoms. The number of hydrogen-bond acceptors (Lipinski definition) is 4. The van der Waals surface area contributed by atoms with Crippen LogP contribution >= 0.6 is 0 Å². The van der Waals surface area contributed by atoms with Crippen LogP contribution in [-0.4, -0.2) is 33.0 Å². The summed E-state index contributed by atoms with van der Waals surface area (Å²) in [4.78, 5) is 0. The summed E-state index contributed by atoms with van der Waals surface area (Å²) in [5.74, 6) is 0.000598. The molecule has 0 saturated heterocycles. The van der Waals surface area contributed by atoms with E-state index in [4.69, 9.17) is 9.84 Å². The number of rotatable bonds is 7. The molecule has 0 amide bonds. The molecule has 0 unspecified atom stereocenters. The van der Waals surface area contributed by atoms with Crippen molar-refractivity contribution in [2.75, 3.05) is 24.2 Å². The van der Waals surface area contributed by atoms with Gasteiger partial charge in [-0.15, -0.1) is 0 Å². The highest BCUT2D eigenvalue weighted by Crippen LogP contribution is 2.16. The van der Waals surface area contributed by atoms with Crippen molar-refractivity contribution in [1.29, 1.82) is 0 Å². The molecule has 2 N–H and O–H groups in total. The molecule has 17 heavy (non-hydrogen) atoms. The minimum absolute atomic E-state index is 0.000598. The summed E-state index contributed by atoms with van der Waals surface area (Å²) in [5, 5.41) is 9.07. The van der Waals surface area contributed by atoms with E-state index in [1.165, 1.54) is 7.11 Å². The number of para-hydroxylation sites is 1.